The van der Waals surface area contributed by atoms with E-state index in [0.717, 1.165) is 35.8 Å². The molecule has 0 bridgehead atoms. The van der Waals surface area contributed by atoms with Crippen molar-refractivity contribution in [3.05, 3.63) is 42.6 Å². The number of sulfonamides is 1. The highest BCUT2D eigenvalue weighted by Gasteiger charge is 2.63. The first-order valence-electron chi connectivity index (χ1n) is 17.3. The average molecular weight is 681 g/mol. The van der Waals surface area contributed by atoms with Gasteiger partial charge in [-0.25, -0.2) is 13.4 Å². The second-order valence-corrected chi connectivity index (χ2v) is 17.2. The Hall–Kier alpha value is -3.67. The molecule has 3 heterocycles. The van der Waals surface area contributed by atoms with E-state index in [-0.39, 0.29) is 49.7 Å². The van der Waals surface area contributed by atoms with Crippen LogP contribution in [0, 0.1) is 17.8 Å². The van der Waals surface area contributed by atoms with Gasteiger partial charge in [-0.2, -0.15) is 0 Å². The molecule has 1 aromatic carbocycles. The van der Waals surface area contributed by atoms with Gasteiger partial charge in [-0.1, -0.05) is 26.0 Å². The van der Waals surface area contributed by atoms with Crippen molar-refractivity contribution in [3.63, 3.8) is 0 Å². The summed E-state index contributed by atoms with van der Waals surface area (Å²) in [6, 6.07) is 6.66. The Morgan fingerprint density at radius 2 is 1.90 bits per heavy atom. The predicted molar refractivity (Wildman–Crippen MR) is 182 cm³/mol. The van der Waals surface area contributed by atoms with E-state index in [1.54, 1.807) is 18.0 Å². The number of pyridine rings is 1. The summed E-state index contributed by atoms with van der Waals surface area (Å²) in [6.07, 6.45) is 9.41. The number of nitrogens with zero attached hydrogens (tertiary/aromatic N) is 2. The van der Waals surface area contributed by atoms with Crippen molar-refractivity contribution < 1.29 is 32.3 Å². The van der Waals surface area contributed by atoms with Crippen molar-refractivity contribution in [3.8, 4) is 11.6 Å². The maximum Gasteiger partial charge on any atom is 0.259 e. The lowest BCUT2D eigenvalue weighted by molar-refractivity contribution is -0.140. The molecule has 2 N–H and O–H groups in total. The Labute approximate surface area is 283 Å². The third-order valence-corrected chi connectivity index (χ3v) is 12.5. The minimum absolute atomic E-state index is 0.0249. The fraction of sp³-hybridized carbons (Fsp3) is 0.611. The molecule has 0 spiro atoms. The molecule has 2 aliphatic carbocycles. The van der Waals surface area contributed by atoms with Crippen molar-refractivity contribution in [2.24, 2.45) is 17.8 Å². The number of amides is 3. The minimum Gasteiger partial charge on any atom is -0.491 e. The first-order valence-corrected chi connectivity index (χ1v) is 18.7. The lowest BCUT2D eigenvalue weighted by Crippen LogP contribution is -2.57. The summed E-state index contributed by atoms with van der Waals surface area (Å²) in [5, 5.41) is 4.60. The van der Waals surface area contributed by atoms with Gasteiger partial charge in [0.05, 0.1) is 17.4 Å². The summed E-state index contributed by atoms with van der Waals surface area (Å²) in [4.78, 5) is 47.7. The van der Waals surface area contributed by atoms with Crippen molar-refractivity contribution in [2.45, 2.75) is 115 Å². The van der Waals surface area contributed by atoms with Crippen LogP contribution < -0.4 is 19.5 Å². The smallest absolute Gasteiger partial charge is 0.259 e. The van der Waals surface area contributed by atoms with Gasteiger partial charge in [0.15, 0.2) is 0 Å². The molecule has 2 aromatic rings. The molecular weight excluding hydrogens is 632 g/mol. The first-order chi connectivity index (χ1) is 22.7. The second-order valence-electron chi connectivity index (χ2n) is 15.0. The number of carbonyl (C=O) groups excluding carboxylic acids is 3. The van der Waals surface area contributed by atoms with Crippen LogP contribution in [0.25, 0.3) is 10.8 Å². The van der Waals surface area contributed by atoms with E-state index in [1.807, 2.05) is 50.3 Å². The van der Waals surface area contributed by atoms with E-state index in [9.17, 15) is 22.8 Å². The van der Waals surface area contributed by atoms with Crippen LogP contribution >= 0.6 is 0 Å². The van der Waals surface area contributed by atoms with Gasteiger partial charge in [0.1, 0.15) is 23.4 Å². The van der Waals surface area contributed by atoms with Gasteiger partial charge in [0, 0.05) is 30.3 Å². The molecule has 6 rings (SSSR count). The minimum atomic E-state index is -3.91. The predicted octanol–water partition coefficient (Wildman–Crippen LogP) is 4.65. The van der Waals surface area contributed by atoms with Crippen LogP contribution in [-0.4, -0.2) is 71.1 Å². The molecule has 1 saturated heterocycles. The zero-order valence-corrected chi connectivity index (χ0v) is 29.3. The summed E-state index contributed by atoms with van der Waals surface area (Å²) >= 11 is 0. The van der Waals surface area contributed by atoms with Gasteiger partial charge >= 0.3 is 0 Å². The molecule has 1 aromatic heterocycles. The molecule has 6 atom stereocenters. The topological polar surface area (TPSA) is 144 Å². The summed E-state index contributed by atoms with van der Waals surface area (Å²) in [6.45, 7) is 9.97. The van der Waals surface area contributed by atoms with Crippen molar-refractivity contribution in [1.82, 2.24) is 19.9 Å². The monoisotopic (exact) mass is 680 g/mol. The van der Waals surface area contributed by atoms with Gasteiger partial charge in [-0.05, 0) is 101 Å². The van der Waals surface area contributed by atoms with Crippen LogP contribution in [0.3, 0.4) is 0 Å². The number of carbonyl (C=O) groups is 3. The number of rotatable bonds is 7. The number of fused-ring (bicyclic) bond motifs is 3. The van der Waals surface area contributed by atoms with Crippen molar-refractivity contribution in [2.75, 3.05) is 6.54 Å². The Morgan fingerprint density at radius 3 is 2.62 bits per heavy atom. The number of hydrogen-bond acceptors (Lipinski definition) is 8. The Bertz CT molecular complexity index is 1720. The second kappa shape index (κ2) is 13.0. The van der Waals surface area contributed by atoms with Gasteiger partial charge in [-0.15, -0.1) is 0 Å². The van der Waals surface area contributed by atoms with Crippen LogP contribution in [0.2, 0.25) is 0 Å². The molecule has 12 heteroatoms. The van der Waals surface area contributed by atoms with E-state index in [1.165, 1.54) is 0 Å². The Kier molecular flexibility index (Phi) is 9.25. The molecule has 2 aliphatic heterocycles. The highest BCUT2D eigenvalue weighted by atomic mass is 32.2. The van der Waals surface area contributed by atoms with Crippen LogP contribution in [0.4, 0.5) is 0 Å². The molecule has 0 radical (unpaired) electrons. The fourth-order valence-electron chi connectivity index (χ4n) is 7.14. The van der Waals surface area contributed by atoms with E-state index in [2.05, 4.69) is 28.9 Å². The van der Waals surface area contributed by atoms with E-state index < -0.39 is 44.3 Å². The standard InChI is InChI=1S/C36H48N4O7S/c1-22(2)46-27-10-11-29-25(18-27)12-15-37-33(29)47-28-19-30-32(42)38-36(34(43)39-48(44,45)35(5)13-14-35)20-26(36)9-7-6-8-23(3)16-24(4)17-31(41)40(30)21-28/h7,9-12,15,18,22-24,26,28,30H,6,8,13-14,16-17,19-21H2,1-5H3,(H,38,42)(H,39,43)/b9-7-/t23-,24-,26?,28-,30+,36-/m1/s1. The summed E-state index contributed by atoms with van der Waals surface area (Å²) in [7, 11) is -3.91. The SMILES string of the molecule is CC(C)Oc1ccc2c(O[C@@H]3C[C@H]4C(=O)N[C@]5(C(=O)NS(=O)(=O)C6(C)CC6)CC5/C=C\CC[C@@H](C)C[C@@H](C)CC(=O)N4C3)nccc2c1. The van der Waals surface area contributed by atoms with Gasteiger partial charge in [0.25, 0.3) is 5.91 Å². The Balaban J connectivity index is 1.27. The number of aromatic nitrogens is 1. The van der Waals surface area contributed by atoms with Gasteiger partial charge in [0.2, 0.25) is 27.7 Å². The average Bonchev–Trinajstić information content (AvgIpc) is 3.88. The van der Waals surface area contributed by atoms with Crippen LogP contribution in [-0.2, 0) is 24.4 Å². The van der Waals surface area contributed by atoms with Crippen molar-refractivity contribution >= 4 is 38.5 Å². The molecule has 4 aliphatic rings. The highest BCUT2D eigenvalue weighted by molar-refractivity contribution is 7.91. The molecule has 3 amide bonds. The van der Waals surface area contributed by atoms with E-state index >= 15 is 0 Å². The van der Waals surface area contributed by atoms with Crippen LogP contribution in [0.1, 0.15) is 86.0 Å². The molecule has 11 nitrogen and oxygen atoms in total. The third kappa shape index (κ3) is 7.04. The normalized spacial score (nSPS) is 31.1. The molecule has 48 heavy (non-hydrogen) atoms. The van der Waals surface area contributed by atoms with Gasteiger partial charge < -0.3 is 19.7 Å². The number of benzene rings is 1. The fourth-order valence-corrected chi connectivity index (χ4v) is 8.46. The number of hydrogen-bond donors (Lipinski definition) is 2. The molecule has 3 fully saturated rings. The van der Waals surface area contributed by atoms with Crippen molar-refractivity contribution in [1.29, 1.82) is 0 Å². The van der Waals surface area contributed by atoms with E-state index in [4.69, 9.17) is 9.47 Å². The maximum atomic E-state index is 14.1. The molecule has 1 unspecified atom stereocenters. The summed E-state index contributed by atoms with van der Waals surface area (Å²) in [5.41, 5.74) is -1.41. The highest BCUT2D eigenvalue weighted by Crippen LogP contribution is 2.47. The maximum absolute atomic E-state index is 14.1. The Morgan fingerprint density at radius 1 is 1.12 bits per heavy atom. The lowest BCUT2D eigenvalue weighted by Gasteiger charge is -2.28. The first kappa shape index (κ1) is 34.2. The number of allylic oxidation sites excluding steroid dienone is 1. The molecule has 260 valence electrons. The summed E-state index contributed by atoms with van der Waals surface area (Å²) in [5.74, 6) is -0.0940. The lowest BCUT2D eigenvalue weighted by atomic mass is 9.91. The summed E-state index contributed by atoms with van der Waals surface area (Å²) < 4.78 is 39.6. The zero-order valence-electron chi connectivity index (χ0n) is 28.5. The molecular formula is C36H48N4O7S. The van der Waals surface area contributed by atoms with Crippen LogP contribution in [0.5, 0.6) is 11.6 Å². The number of ether oxygens (including phenoxy) is 2. The number of nitrogens with one attached hydrogen (secondary N) is 2. The third-order valence-electron chi connectivity index (χ3n) is 10.4. The molecule has 2 saturated carbocycles. The largest absolute Gasteiger partial charge is 0.491 e. The zero-order chi connectivity index (χ0) is 34.4. The van der Waals surface area contributed by atoms with E-state index in [0.29, 0.717) is 24.6 Å². The van der Waals surface area contributed by atoms with Crippen LogP contribution in [0.15, 0.2) is 42.6 Å². The quantitative estimate of drug-likeness (QED) is 0.403. The van der Waals surface area contributed by atoms with Gasteiger partial charge in [-0.3, -0.25) is 19.1 Å².